The van der Waals surface area contributed by atoms with Crippen LogP contribution < -0.4 is 0 Å². The van der Waals surface area contributed by atoms with Crippen LogP contribution in [0, 0.1) is 11.3 Å². The van der Waals surface area contributed by atoms with Gasteiger partial charge < -0.3 is 9.64 Å². The molecule has 16 heavy (non-hydrogen) atoms. The minimum absolute atomic E-state index is 0.536. The van der Waals surface area contributed by atoms with Gasteiger partial charge in [-0.3, -0.25) is 0 Å². The quantitative estimate of drug-likeness (QED) is 0.580. The number of likely N-dealkylation sites (tertiary alicyclic amines) is 1. The Bertz CT molecular complexity index is 224. The zero-order valence-corrected chi connectivity index (χ0v) is 12.7. The number of rotatable bonds is 3. The van der Waals surface area contributed by atoms with Gasteiger partial charge in [-0.25, -0.2) is 0 Å². The third kappa shape index (κ3) is 2.72. The Kier molecular flexibility index (Phi) is 4.52. The summed E-state index contributed by atoms with van der Waals surface area (Å²) >= 11 is 2.49. The second-order valence-corrected chi connectivity index (χ2v) is 6.70. The minimum Gasteiger partial charge on any atom is -0.377 e. The standard InChI is InChI=1S/C13H24INO/c1-11(2)10-15-6-3-13(4-7-15)5-8-16-12(13)9-14/h11-12H,3-10H2,1-2H3. The van der Waals surface area contributed by atoms with Crippen LogP contribution >= 0.6 is 22.6 Å². The topological polar surface area (TPSA) is 12.5 Å². The van der Waals surface area contributed by atoms with E-state index in [-0.39, 0.29) is 0 Å². The first kappa shape index (κ1) is 13.1. The van der Waals surface area contributed by atoms with Crippen molar-refractivity contribution in [3.05, 3.63) is 0 Å². The predicted molar refractivity (Wildman–Crippen MR) is 76.2 cm³/mol. The smallest absolute Gasteiger partial charge is 0.0722 e. The predicted octanol–water partition coefficient (Wildman–Crippen LogP) is 2.95. The summed E-state index contributed by atoms with van der Waals surface area (Å²) in [6, 6.07) is 0. The molecule has 2 nitrogen and oxygen atoms in total. The van der Waals surface area contributed by atoms with Crippen LogP contribution in [0.5, 0.6) is 0 Å². The highest BCUT2D eigenvalue weighted by Gasteiger charge is 2.45. The van der Waals surface area contributed by atoms with Gasteiger partial charge in [0.15, 0.2) is 0 Å². The largest absolute Gasteiger partial charge is 0.377 e. The normalized spacial score (nSPS) is 30.4. The number of halogens is 1. The molecule has 94 valence electrons. The van der Waals surface area contributed by atoms with Crippen LogP contribution in [0.4, 0.5) is 0 Å². The molecule has 1 spiro atoms. The van der Waals surface area contributed by atoms with Gasteiger partial charge in [0.05, 0.1) is 6.10 Å². The lowest BCUT2D eigenvalue weighted by Crippen LogP contribution is -2.45. The maximum atomic E-state index is 5.89. The van der Waals surface area contributed by atoms with E-state index in [1.54, 1.807) is 0 Å². The van der Waals surface area contributed by atoms with Crippen molar-refractivity contribution in [1.82, 2.24) is 4.90 Å². The van der Waals surface area contributed by atoms with Crippen molar-refractivity contribution in [3.63, 3.8) is 0 Å². The molecule has 2 aliphatic rings. The molecule has 1 atom stereocenters. The third-order valence-electron chi connectivity index (χ3n) is 4.22. The van der Waals surface area contributed by atoms with E-state index in [9.17, 15) is 0 Å². The SMILES string of the molecule is CC(C)CN1CCC2(CCOC2CI)CC1. The molecule has 0 amide bonds. The van der Waals surface area contributed by atoms with E-state index in [4.69, 9.17) is 4.74 Å². The second-order valence-electron chi connectivity index (χ2n) is 5.82. The molecule has 2 heterocycles. The summed E-state index contributed by atoms with van der Waals surface area (Å²) in [5, 5.41) is 0. The van der Waals surface area contributed by atoms with E-state index in [0.717, 1.165) is 12.5 Å². The first-order valence-electron chi connectivity index (χ1n) is 6.56. The maximum absolute atomic E-state index is 5.89. The summed E-state index contributed by atoms with van der Waals surface area (Å²) in [4.78, 5) is 2.64. The molecule has 2 saturated heterocycles. The van der Waals surface area contributed by atoms with Crippen LogP contribution in [0.25, 0.3) is 0 Å². The third-order valence-corrected chi connectivity index (χ3v) is 5.02. The Morgan fingerprint density at radius 3 is 2.56 bits per heavy atom. The number of hydrogen-bond donors (Lipinski definition) is 0. The van der Waals surface area contributed by atoms with Gasteiger partial charge in [0.2, 0.25) is 0 Å². The molecular formula is C13H24INO. The Balaban J connectivity index is 1.88. The van der Waals surface area contributed by atoms with E-state index in [0.29, 0.717) is 11.5 Å². The average Bonchev–Trinajstić information content (AvgIpc) is 2.64. The van der Waals surface area contributed by atoms with Gasteiger partial charge in [0.1, 0.15) is 0 Å². The van der Waals surface area contributed by atoms with Crippen LogP contribution in [0.15, 0.2) is 0 Å². The summed E-state index contributed by atoms with van der Waals surface area (Å²) < 4.78 is 7.05. The number of hydrogen-bond acceptors (Lipinski definition) is 2. The van der Waals surface area contributed by atoms with Crippen LogP contribution in [-0.4, -0.2) is 41.7 Å². The zero-order valence-electron chi connectivity index (χ0n) is 10.5. The van der Waals surface area contributed by atoms with Gasteiger partial charge in [-0.1, -0.05) is 36.4 Å². The molecule has 2 rings (SSSR count). The van der Waals surface area contributed by atoms with Crippen molar-refractivity contribution in [2.75, 3.05) is 30.7 Å². The van der Waals surface area contributed by atoms with Crippen molar-refractivity contribution in [2.45, 2.75) is 39.2 Å². The number of nitrogens with zero attached hydrogens (tertiary/aromatic N) is 1. The van der Waals surface area contributed by atoms with Gasteiger partial charge in [-0.2, -0.15) is 0 Å². The maximum Gasteiger partial charge on any atom is 0.0722 e. The lowest BCUT2D eigenvalue weighted by molar-refractivity contribution is 0.0226. The van der Waals surface area contributed by atoms with Gasteiger partial charge in [-0.15, -0.1) is 0 Å². The summed E-state index contributed by atoms with van der Waals surface area (Å²) in [5.74, 6) is 0.800. The lowest BCUT2D eigenvalue weighted by atomic mass is 9.73. The second kappa shape index (κ2) is 5.53. The molecule has 0 radical (unpaired) electrons. The van der Waals surface area contributed by atoms with E-state index >= 15 is 0 Å². The molecule has 0 bridgehead atoms. The number of ether oxygens (including phenoxy) is 1. The molecular weight excluding hydrogens is 313 g/mol. The van der Waals surface area contributed by atoms with Crippen molar-refractivity contribution < 1.29 is 4.74 Å². The van der Waals surface area contributed by atoms with Gasteiger partial charge in [-0.05, 0) is 38.3 Å². The molecule has 2 fully saturated rings. The summed E-state index contributed by atoms with van der Waals surface area (Å²) in [5.41, 5.74) is 0.536. The molecule has 3 heteroatoms. The van der Waals surface area contributed by atoms with Gasteiger partial charge in [0.25, 0.3) is 0 Å². The number of alkyl halides is 1. The molecule has 0 saturated carbocycles. The van der Waals surface area contributed by atoms with Gasteiger partial charge in [0, 0.05) is 23.0 Å². The molecule has 0 aliphatic carbocycles. The van der Waals surface area contributed by atoms with Crippen molar-refractivity contribution >= 4 is 22.6 Å². The van der Waals surface area contributed by atoms with E-state index in [1.165, 1.54) is 43.3 Å². The van der Waals surface area contributed by atoms with Crippen LogP contribution in [-0.2, 0) is 4.74 Å². The average molecular weight is 337 g/mol. The highest BCUT2D eigenvalue weighted by atomic mass is 127. The van der Waals surface area contributed by atoms with E-state index in [2.05, 4.69) is 41.3 Å². The Hall–Kier alpha value is 0.650. The number of piperidine rings is 1. The molecule has 0 aromatic carbocycles. The molecule has 0 aromatic rings. The zero-order chi connectivity index (χ0) is 11.6. The minimum atomic E-state index is 0.536. The molecule has 1 unspecified atom stereocenters. The highest BCUT2D eigenvalue weighted by molar-refractivity contribution is 14.1. The fourth-order valence-corrected chi connectivity index (χ4v) is 4.41. The Morgan fingerprint density at radius 2 is 2.00 bits per heavy atom. The first-order chi connectivity index (χ1) is 7.66. The fraction of sp³-hybridized carbons (Fsp3) is 1.00. The van der Waals surface area contributed by atoms with Crippen molar-refractivity contribution in [2.24, 2.45) is 11.3 Å². The lowest BCUT2D eigenvalue weighted by Gasteiger charge is -2.42. The summed E-state index contributed by atoms with van der Waals surface area (Å²) in [6.45, 7) is 9.47. The van der Waals surface area contributed by atoms with Crippen molar-refractivity contribution in [3.8, 4) is 0 Å². The van der Waals surface area contributed by atoms with Gasteiger partial charge >= 0.3 is 0 Å². The van der Waals surface area contributed by atoms with E-state index in [1.807, 2.05) is 0 Å². The monoisotopic (exact) mass is 337 g/mol. The first-order valence-corrected chi connectivity index (χ1v) is 8.09. The fourth-order valence-electron chi connectivity index (χ4n) is 3.22. The molecule has 2 aliphatic heterocycles. The highest BCUT2D eigenvalue weighted by Crippen LogP contribution is 2.44. The molecule has 0 N–H and O–H groups in total. The van der Waals surface area contributed by atoms with E-state index < -0.39 is 0 Å². The van der Waals surface area contributed by atoms with Crippen molar-refractivity contribution in [1.29, 1.82) is 0 Å². The Morgan fingerprint density at radius 1 is 1.31 bits per heavy atom. The Labute approximate surface area is 113 Å². The molecule has 0 aromatic heterocycles. The summed E-state index contributed by atoms with van der Waals surface area (Å²) in [6.07, 6.45) is 4.55. The van der Waals surface area contributed by atoms with Crippen LogP contribution in [0.3, 0.4) is 0 Å². The van der Waals surface area contributed by atoms with Crippen LogP contribution in [0.1, 0.15) is 33.1 Å². The summed E-state index contributed by atoms with van der Waals surface area (Å²) in [7, 11) is 0. The van der Waals surface area contributed by atoms with Crippen LogP contribution in [0.2, 0.25) is 0 Å².